The smallest absolute Gasteiger partial charge is 0.262 e. The minimum Gasteiger partial charge on any atom is -0.262 e. The van der Waals surface area contributed by atoms with Gasteiger partial charge in [-0.05, 0) is 23.2 Å². The number of hydrogen-bond donors (Lipinski definition) is 0. The summed E-state index contributed by atoms with van der Waals surface area (Å²) in [5.41, 5.74) is 0. The molecule has 0 N–H and O–H groups in total. The van der Waals surface area contributed by atoms with E-state index in [2.05, 4.69) is 23.2 Å². The third-order valence-corrected chi connectivity index (χ3v) is 0. The summed E-state index contributed by atoms with van der Waals surface area (Å²) in [5, 5.41) is 0.194. The summed E-state index contributed by atoms with van der Waals surface area (Å²) in [5.74, 6) is 0. The lowest BCUT2D eigenvalue weighted by molar-refractivity contribution is 0.275. The molecular formula is C2H2Cl4O. The van der Waals surface area contributed by atoms with Crippen LogP contribution in [0.25, 0.3) is 0 Å². The summed E-state index contributed by atoms with van der Waals surface area (Å²) >= 11 is 18.3. The Balaban J connectivity index is 0. The molecule has 1 nitrogen and oxygen atoms in total. The van der Waals surface area contributed by atoms with Crippen LogP contribution in [-0.2, 0) is 0 Å². The Morgan fingerprint density at radius 2 is 1.29 bits per heavy atom. The van der Waals surface area contributed by atoms with Gasteiger partial charge in [-0.15, -0.1) is 23.2 Å². The van der Waals surface area contributed by atoms with E-state index in [4.69, 9.17) is 28.0 Å². The van der Waals surface area contributed by atoms with Gasteiger partial charge in [-0.3, -0.25) is 4.79 Å². The molecule has 0 aromatic carbocycles. The standard InChI is InChI=1S/CCl2O.CH2Cl2/c2-1(3)4;2-1-3/h;1H2. The van der Waals surface area contributed by atoms with Crippen LogP contribution in [0.1, 0.15) is 0 Å². The lowest BCUT2D eigenvalue weighted by Gasteiger charge is -1.48. The van der Waals surface area contributed by atoms with Gasteiger partial charge in [0.15, 0.2) is 0 Å². The average Bonchev–Trinajstić information content (AvgIpc) is 1.33. The zero-order chi connectivity index (χ0) is 6.28. The quantitative estimate of drug-likeness (QED) is 0.417. The molecule has 0 aromatic rings. The summed E-state index contributed by atoms with van der Waals surface area (Å²) in [6, 6.07) is 0. The van der Waals surface area contributed by atoms with Gasteiger partial charge in [-0.25, -0.2) is 0 Å². The summed E-state index contributed by atoms with van der Waals surface area (Å²) < 4.78 is -0.889. The fraction of sp³-hybridized carbons (Fsp3) is 0.500. The van der Waals surface area contributed by atoms with Gasteiger partial charge in [0.05, 0.1) is 5.34 Å². The number of halogens is 4. The second-order valence-corrected chi connectivity index (χ2v) is 2.01. The van der Waals surface area contributed by atoms with Gasteiger partial charge < -0.3 is 0 Å². The van der Waals surface area contributed by atoms with Crippen LogP contribution in [0, 0.1) is 0 Å². The van der Waals surface area contributed by atoms with Crippen molar-refractivity contribution in [3.8, 4) is 0 Å². The van der Waals surface area contributed by atoms with Gasteiger partial charge in [0, 0.05) is 0 Å². The predicted molar refractivity (Wildman–Crippen MR) is 33.7 cm³/mol. The predicted octanol–water partition coefficient (Wildman–Crippen LogP) is 3.01. The maximum atomic E-state index is 8.98. The average molecular weight is 184 g/mol. The molecule has 0 spiro atoms. The maximum absolute atomic E-state index is 8.98. The van der Waals surface area contributed by atoms with Crippen molar-refractivity contribution in [1.29, 1.82) is 0 Å². The Kier molecular flexibility index (Phi) is 15.3. The minimum absolute atomic E-state index is 0.194. The van der Waals surface area contributed by atoms with E-state index in [1.807, 2.05) is 0 Å². The van der Waals surface area contributed by atoms with Crippen LogP contribution < -0.4 is 0 Å². The SMILES string of the molecule is ClCCl.O=C(Cl)Cl. The van der Waals surface area contributed by atoms with Gasteiger partial charge in [-0.2, -0.15) is 0 Å². The second-order valence-electron chi connectivity index (χ2n) is 0.327. The van der Waals surface area contributed by atoms with Crippen molar-refractivity contribution in [3.05, 3.63) is 0 Å². The zero-order valence-electron chi connectivity index (χ0n) is 3.13. The molecule has 0 aromatic heterocycles. The number of carbonyl (C=O) groups is 1. The minimum atomic E-state index is -0.889. The summed E-state index contributed by atoms with van der Waals surface area (Å²) in [4.78, 5) is 8.98. The van der Waals surface area contributed by atoms with E-state index in [9.17, 15) is 0 Å². The van der Waals surface area contributed by atoms with Crippen molar-refractivity contribution in [2.45, 2.75) is 0 Å². The lowest BCUT2D eigenvalue weighted by atomic mass is 11.8. The fourth-order valence-electron chi connectivity index (χ4n) is 0. The summed E-state index contributed by atoms with van der Waals surface area (Å²) in [7, 11) is 0. The van der Waals surface area contributed by atoms with Crippen LogP contribution >= 0.6 is 46.4 Å². The molecule has 0 bridgehead atoms. The van der Waals surface area contributed by atoms with Crippen molar-refractivity contribution in [1.82, 2.24) is 0 Å². The Morgan fingerprint density at radius 1 is 1.29 bits per heavy atom. The summed E-state index contributed by atoms with van der Waals surface area (Å²) in [6.45, 7) is 0. The second kappa shape index (κ2) is 9.95. The number of carbonyl (C=O) groups excluding carboxylic acids is 1. The van der Waals surface area contributed by atoms with Crippen LogP contribution in [0.3, 0.4) is 0 Å². The Labute approximate surface area is 61.5 Å². The molecule has 0 aliphatic rings. The number of hydrogen-bond acceptors (Lipinski definition) is 1. The van der Waals surface area contributed by atoms with Crippen LogP contribution in [0.5, 0.6) is 0 Å². The van der Waals surface area contributed by atoms with Gasteiger partial charge in [0.2, 0.25) is 0 Å². The monoisotopic (exact) mass is 182 g/mol. The van der Waals surface area contributed by atoms with Crippen LogP contribution in [0.4, 0.5) is 4.79 Å². The molecule has 0 aliphatic carbocycles. The zero-order valence-corrected chi connectivity index (χ0v) is 6.15. The molecule has 0 fully saturated rings. The van der Waals surface area contributed by atoms with Gasteiger partial charge in [-0.1, -0.05) is 0 Å². The maximum Gasteiger partial charge on any atom is 0.313 e. The molecule has 44 valence electrons. The Bertz CT molecular complexity index is 41.0. The third-order valence-electron chi connectivity index (χ3n) is 0. The van der Waals surface area contributed by atoms with Crippen molar-refractivity contribution in [2.24, 2.45) is 0 Å². The largest absolute Gasteiger partial charge is 0.313 e. The van der Waals surface area contributed by atoms with Crippen LogP contribution in [0.2, 0.25) is 0 Å². The molecule has 0 amide bonds. The summed E-state index contributed by atoms with van der Waals surface area (Å²) in [6.07, 6.45) is 0. The first-order chi connectivity index (χ1) is 3.15. The molecule has 0 aliphatic heterocycles. The van der Waals surface area contributed by atoms with E-state index in [-0.39, 0.29) is 5.34 Å². The van der Waals surface area contributed by atoms with E-state index in [1.165, 1.54) is 0 Å². The van der Waals surface area contributed by atoms with E-state index in [1.54, 1.807) is 0 Å². The topological polar surface area (TPSA) is 17.1 Å². The van der Waals surface area contributed by atoms with E-state index >= 15 is 0 Å². The highest BCUT2D eigenvalue weighted by atomic mass is 35.5. The molecule has 0 atom stereocenters. The highest BCUT2D eigenvalue weighted by Crippen LogP contribution is 1.84. The molecular weight excluding hydrogens is 182 g/mol. The molecule has 0 heterocycles. The van der Waals surface area contributed by atoms with Gasteiger partial charge >= 0.3 is 4.70 Å². The van der Waals surface area contributed by atoms with E-state index in [0.717, 1.165) is 0 Å². The molecule has 7 heavy (non-hydrogen) atoms. The fourth-order valence-corrected chi connectivity index (χ4v) is 0. The molecule has 0 unspecified atom stereocenters. The lowest BCUT2D eigenvalue weighted by Crippen LogP contribution is -1.46. The first-order valence-electron chi connectivity index (χ1n) is 1.12. The van der Waals surface area contributed by atoms with Gasteiger partial charge in [0.25, 0.3) is 0 Å². The molecule has 5 heteroatoms. The third kappa shape index (κ3) is 231. The van der Waals surface area contributed by atoms with Crippen LogP contribution in [0.15, 0.2) is 0 Å². The first kappa shape index (κ1) is 10.7. The van der Waals surface area contributed by atoms with Crippen molar-refractivity contribution in [2.75, 3.05) is 5.34 Å². The first-order valence-corrected chi connectivity index (χ1v) is 2.94. The van der Waals surface area contributed by atoms with Crippen molar-refractivity contribution < 1.29 is 4.79 Å². The van der Waals surface area contributed by atoms with Crippen LogP contribution in [-0.4, -0.2) is 10.0 Å². The molecule has 0 saturated heterocycles. The normalized spacial score (nSPS) is 6.29. The Morgan fingerprint density at radius 3 is 1.29 bits per heavy atom. The molecule has 0 saturated carbocycles. The van der Waals surface area contributed by atoms with Gasteiger partial charge in [0.1, 0.15) is 0 Å². The molecule has 0 rings (SSSR count). The highest BCUT2D eigenvalue weighted by molar-refractivity contribution is 6.93. The van der Waals surface area contributed by atoms with Crippen molar-refractivity contribution >= 4 is 51.1 Å². The Hall–Kier alpha value is 0.830. The highest BCUT2D eigenvalue weighted by Gasteiger charge is 1.72. The molecule has 0 radical (unpaired) electrons. The van der Waals surface area contributed by atoms with E-state index < -0.39 is 4.70 Å². The van der Waals surface area contributed by atoms with Crippen molar-refractivity contribution in [3.63, 3.8) is 0 Å². The number of rotatable bonds is 0. The van der Waals surface area contributed by atoms with E-state index in [0.29, 0.717) is 0 Å². The number of alkyl halides is 2.